The number of β-amino-alcohol motifs (C(OH)–C–C–N with tert-alkyl or cyclic N) is 1. The maximum atomic E-state index is 10.3. The van der Waals surface area contributed by atoms with Crippen LogP contribution in [0.4, 0.5) is 5.69 Å². The van der Waals surface area contributed by atoms with Gasteiger partial charge in [0.15, 0.2) is 0 Å². The Bertz CT molecular complexity index is 567. The van der Waals surface area contributed by atoms with E-state index in [1.165, 1.54) is 17.7 Å². The average Bonchev–Trinajstić information content (AvgIpc) is 2.96. The molecule has 1 unspecified atom stereocenters. The van der Waals surface area contributed by atoms with Gasteiger partial charge < -0.3 is 19.2 Å². The van der Waals surface area contributed by atoms with Gasteiger partial charge in [-0.15, -0.1) is 0 Å². The SMILES string of the molecule is OC(COCc1ccco1)CN1CCCCc2ccccc21. The van der Waals surface area contributed by atoms with Crippen molar-refractivity contribution < 1.29 is 14.3 Å². The van der Waals surface area contributed by atoms with Crippen LogP contribution in [-0.4, -0.2) is 30.9 Å². The number of anilines is 1. The van der Waals surface area contributed by atoms with E-state index >= 15 is 0 Å². The molecule has 1 aliphatic rings. The lowest BCUT2D eigenvalue weighted by Gasteiger charge is -2.27. The number of fused-ring (bicyclic) bond motifs is 1. The molecule has 0 saturated carbocycles. The fourth-order valence-electron chi connectivity index (χ4n) is 2.96. The van der Waals surface area contributed by atoms with Gasteiger partial charge in [0.2, 0.25) is 0 Å². The summed E-state index contributed by atoms with van der Waals surface area (Å²) in [5.74, 6) is 0.785. The molecule has 1 aromatic heterocycles. The van der Waals surface area contributed by atoms with Gasteiger partial charge in [-0.25, -0.2) is 0 Å². The van der Waals surface area contributed by atoms with Gasteiger partial charge in [0.1, 0.15) is 12.4 Å². The average molecular weight is 301 g/mol. The van der Waals surface area contributed by atoms with Crippen molar-refractivity contribution in [2.75, 3.05) is 24.6 Å². The number of nitrogens with zero attached hydrogens (tertiary/aromatic N) is 1. The normalized spacial score (nSPS) is 16.1. The molecule has 2 aromatic rings. The highest BCUT2D eigenvalue weighted by molar-refractivity contribution is 5.54. The van der Waals surface area contributed by atoms with E-state index in [0.717, 1.165) is 25.1 Å². The van der Waals surface area contributed by atoms with Crippen molar-refractivity contribution >= 4 is 5.69 Å². The molecular weight excluding hydrogens is 278 g/mol. The number of aliphatic hydroxyl groups excluding tert-OH is 1. The molecule has 0 radical (unpaired) electrons. The summed E-state index contributed by atoms with van der Waals surface area (Å²) in [6, 6.07) is 12.2. The molecule has 0 bridgehead atoms. The Morgan fingerprint density at radius 3 is 2.95 bits per heavy atom. The van der Waals surface area contributed by atoms with E-state index in [1.807, 2.05) is 12.1 Å². The molecule has 1 aliphatic heterocycles. The lowest BCUT2D eigenvalue weighted by atomic mass is 10.1. The molecule has 0 fully saturated rings. The van der Waals surface area contributed by atoms with Crippen LogP contribution >= 0.6 is 0 Å². The molecule has 1 N–H and O–H groups in total. The summed E-state index contributed by atoms with van der Waals surface area (Å²) < 4.78 is 10.7. The first-order valence-corrected chi connectivity index (χ1v) is 7.94. The van der Waals surface area contributed by atoms with Gasteiger partial charge in [-0.3, -0.25) is 0 Å². The first kappa shape index (κ1) is 15.1. The molecule has 0 aliphatic carbocycles. The Kier molecular flexibility index (Phi) is 5.14. The largest absolute Gasteiger partial charge is 0.467 e. The Labute approximate surface area is 131 Å². The number of aliphatic hydroxyl groups is 1. The first-order chi connectivity index (χ1) is 10.8. The number of furan rings is 1. The molecule has 0 amide bonds. The highest BCUT2D eigenvalue weighted by Crippen LogP contribution is 2.26. The summed E-state index contributed by atoms with van der Waals surface area (Å²) in [5.41, 5.74) is 2.63. The quantitative estimate of drug-likeness (QED) is 0.891. The van der Waals surface area contributed by atoms with E-state index in [-0.39, 0.29) is 0 Å². The first-order valence-electron chi connectivity index (χ1n) is 7.94. The fraction of sp³-hybridized carbons (Fsp3) is 0.444. The maximum absolute atomic E-state index is 10.3. The molecular formula is C18H23NO3. The van der Waals surface area contributed by atoms with Gasteiger partial charge in [0.25, 0.3) is 0 Å². The molecule has 118 valence electrons. The smallest absolute Gasteiger partial charge is 0.129 e. The van der Waals surface area contributed by atoms with Gasteiger partial charge in [-0.05, 0) is 43.0 Å². The zero-order chi connectivity index (χ0) is 15.2. The number of ether oxygens (including phenoxy) is 1. The van der Waals surface area contributed by atoms with Gasteiger partial charge in [-0.2, -0.15) is 0 Å². The van der Waals surface area contributed by atoms with Gasteiger partial charge in [0.05, 0.1) is 19.0 Å². The van der Waals surface area contributed by atoms with Crippen molar-refractivity contribution in [3.05, 3.63) is 54.0 Å². The monoisotopic (exact) mass is 301 g/mol. The third-order valence-electron chi connectivity index (χ3n) is 4.02. The highest BCUT2D eigenvalue weighted by atomic mass is 16.5. The minimum absolute atomic E-state index is 0.319. The zero-order valence-electron chi connectivity index (χ0n) is 12.8. The van der Waals surface area contributed by atoms with Crippen molar-refractivity contribution in [3.63, 3.8) is 0 Å². The molecule has 4 nitrogen and oxygen atoms in total. The summed E-state index contributed by atoms with van der Waals surface area (Å²) in [6.07, 6.45) is 4.62. The second-order valence-corrected chi connectivity index (χ2v) is 5.78. The number of aryl methyl sites for hydroxylation is 1. The lowest BCUT2D eigenvalue weighted by molar-refractivity contribution is 0.0256. The van der Waals surface area contributed by atoms with E-state index in [1.54, 1.807) is 6.26 Å². The zero-order valence-corrected chi connectivity index (χ0v) is 12.8. The Morgan fingerprint density at radius 2 is 2.09 bits per heavy atom. The number of hydrogen-bond acceptors (Lipinski definition) is 4. The van der Waals surface area contributed by atoms with Crippen LogP contribution in [0.1, 0.15) is 24.2 Å². The standard InChI is InChI=1S/C18H23NO3/c20-16(13-21-14-17-8-5-11-22-17)12-19-10-4-3-7-15-6-1-2-9-18(15)19/h1-2,5-6,8-9,11,16,20H,3-4,7,10,12-14H2. The van der Waals surface area contributed by atoms with Crippen molar-refractivity contribution in [1.82, 2.24) is 0 Å². The second-order valence-electron chi connectivity index (χ2n) is 5.78. The second kappa shape index (κ2) is 7.47. The minimum Gasteiger partial charge on any atom is -0.467 e. The summed E-state index contributed by atoms with van der Waals surface area (Å²) in [6.45, 7) is 2.32. The van der Waals surface area contributed by atoms with Gasteiger partial charge in [-0.1, -0.05) is 18.2 Å². The number of rotatable bonds is 6. The third-order valence-corrected chi connectivity index (χ3v) is 4.02. The van der Waals surface area contributed by atoms with Gasteiger partial charge in [0, 0.05) is 18.8 Å². The van der Waals surface area contributed by atoms with Crippen LogP contribution in [-0.2, 0) is 17.8 Å². The van der Waals surface area contributed by atoms with Crippen molar-refractivity contribution in [3.8, 4) is 0 Å². The van der Waals surface area contributed by atoms with E-state index in [2.05, 4.69) is 29.2 Å². The Hall–Kier alpha value is -1.78. The molecule has 3 rings (SSSR count). The molecule has 2 heterocycles. The van der Waals surface area contributed by atoms with Crippen LogP contribution in [0.5, 0.6) is 0 Å². The van der Waals surface area contributed by atoms with Crippen molar-refractivity contribution in [1.29, 1.82) is 0 Å². The Balaban J connectivity index is 1.53. The number of hydrogen-bond donors (Lipinski definition) is 1. The third kappa shape index (κ3) is 3.90. The number of benzene rings is 1. The molecule has 22 heavy (non-hydrogen) atoms. The van der Waals surface area contributed by atoms with Crippen LogP contribution in [0.15, 0.2) is 47.1 Å². The predicted molar refractivity (Wildman–Crippen MR) is 86.0 cm³/mol. The van der Waals surface area contributed by atoms with Crippen LogP contribution in [0, 0.1) is 0 Å². The molecule has 0 spiro atoms. The lowest BCUT2D eigenvalue weighted by Crippen LogP contribution is -2.35. The van der Waals surface area contributed by atoms with E-state index < -0.39 is 6.10 Å². The van der Waals surface area contributed by atoms with Gasteiger partial charge >= 0.3 is 0 Å². The summed E-state index contributed by atoms with van der Waals surface area (Å²) in [4.78, 5) is 2.28. The topological polar surface area (TPSA) is 45.8 Å². The summed E-state index contributed by atoms with van der Waals surface area (Å²) >= 11 is 0. The number of para-hydroxylation sites is 1. The molecule has 1 atom stereocenters. The predicted octanol–water partition coefficient (Wildman–Crippen LogP) is 3.00. The summed E-state index contributed by atoms with van der Waals surface area (Å²) in [7, 11) is 0. The maximum Gasteiger partial charge on any atom is 0.129 e. The van der Waals surface area contributed by atoms with E-state index in [0.29, 0.717) is 19.8 Å². The molecule has 1 aromatic carbocycles. The Morgan fingerprint density at radius 1 is 1.18 bits per heavy atom. The molecule has 0 saturated heterocycles. The van der Waals surface area contributed by atoms with Crippen molar-refractivity contribution in [2.24, 2.45) is 0 Å². The fourth-order valence-corrected chi connectivity index (χ4v) is 2.96. The highest BCUT2D eigenvalue weighted by Gasteiger charge is 2.17. The van der Waals surface area contributed by atoms with E-state index in [9.17, 15) is 5.11 Å². The summed E-state index contributed by atoms with van der Waals surface area (Å²) in [5, 5.41) is 10.3. The van der Waals surface area contributed by atoms with E-state index in [4.69, 9.17) is 9.15 Å². The van der Waals surface area contributed by atoms with Crippen molar-refractivity contribution in [2.45, 2.75) is 32.0 Å². The van der Waals surface area contributed by atoms with Crippen LogP contribution in [0.2, 0.25) is 0 Å². The van der Waals surface area contributed by atoms with Crippen LogP contribution < -0.4 is 4.90 Å². The van der Waals surface area contributed by atoms with Crippen LogP contribution in [0.25, 0.3) is 0 Å². The minimum atomic E-state index is -0.499. The van der Waals surface area contributed by atoms with Crippen LogP contribution in [0.3, 0.4) is 0 Å². The molecule has 4 heteroatoms.